The van der Waals surface area contributed by atoms with Crippen molar-refractivity contribution in [2.45, 2.75) is 6.10 Å². The molecule has 0 heterocycles. The molecule has 1 unspecified atom stereocenters. The van der Waals surface area contributed by atoms with Gasteiger partial charge in [0.1, 0.15) is 0 Å². The van der Waals surface area contributed by atoms with E-state index < -0.39 is 6.10 Å². The maximum absolute atomic E-state index is 10.9. The van der Waals surface area contributed by atoms with Gasteiger partial charge in [-0.25, -0.2) is 0 Å². The van der Waals surface area contributed by atoms with E-state index in [4.69, 9.17) is 0 Å². The van der Waals surface area contributed by atoms with Crippen molar-refractivity contribution in [1.29, 1.82) is 0 Å². The molecule has 0 aliphatic heterocycles. The minimum Gasteiger partial charge on any atom is -0.384 e. The monoisotopic (exact) mass is 438 g/mol. The van der Waals surface area contributed by atoms with Gasteiger partial charge in [0.25, 0.3) is 0 Å². The number of benzene rings is 4. The van der Waals surface area contributed by atoms with E-state index in [1.807, 2.05) is 54.6 Å². The maximum atomic E-state index is 10.9. The molecule has 0 amide bonds. The second-order valence-corrected chi connectivity index (χ2v) is 8.30. The fourth-order valence-corrected chi connectivity index (χ4v) is 4.34. The summed E-state index contributed by atoms with van der Waals surface area (Å²) in [6.07, 6.45) is 7.78. The molecule has 1 atom stereocenters. The van der Waals surface area contributed by atoms with Gasteiger partial charge >= 0.3 is 0 Å². The van der Waals surface area contributed by atoms with Crippen LogP contribution in [-0.4, -0.2) is 5.11 Å². The van der Waals surface area contributed by atoms with Crippen LogP contribution in [0.1, 0.15) is 28.4 Å². The van der Waals surface area contributed by atoms with Gasteiger partial charge in [0.2, 0.25) is 0 Å². The number of aliphatic hydroxyl groups excluding tert-OH is 1. The fourth-order valence-electron chi connectivity index (χ4n) is 4.34. The van der Waals surface area contributed by atoms with Crippen molar-refractivity contribution in [3.63, 3.8) is 0 Å². The van der Waals surface area contributed by atoms with Gasteiger partial charge in [0.05, 0.1) is 6.10 Å². The first-order valence-corrected chi connectivity index (χ1v) is 11.5. The Hall–Kier alpha value is -4.20. The second-order valence-electron chi connectivity index (χ2n) is 8.30. The van der Waals surface area contributed by atoms with Gasteiger partial charge in [0, 0.05) is 0 Å². The summed E-state index contributed by atoms with van der Waals surface area (Å²) < 4.78 is 0. The smallest absolute Gasteiger partial charge is 0.0975 e. The molecule has 1 aliphatic rings. The Kier molecular flexibility index (Phi) is 6.47. The van der Waals surface area contributed by atoms with Crippen LogP contribution in [-0.2, 0) is 0 Å². The van der Waals surface area contributed by atoms with Gasteiger partial charge in [0.15, 0.2) is 0 Å². The predicted molar refractivity (Wildman–Crippen MR) is 143 cm³/mol. The molecule has 1 N–H and O–H groups in total. The highest BCUT2D eigenvalue weighted by molar-refractivity contribution is 6.07. The Bertz CT molecular complexity index is 1360. The molecule has 34 heavy (non-hydrogen) atoms. The van der Waals surface area contributed by atoms with Crippen LogP contribution in [0.15, 0.2) is 151 Å². The summed E-state index contributed by atoms with van der Waals surface area (Å²) in [5, 5.41) is 10.9. The molecule has 4 aromatic carbocycles. The molecule has 0 saturated carbocycles. The highest BCUT2D eigenvalue weighted by atomic mass is 16.3. The van der Waals surface area contributed by atoms with Crippen LogP contribution in [0.3, 0.4) is 0 Å². The molecule has 0 spiro atoms. The van der Waals surface area contributed by atoms with Gasteiger partial charge in [-0.3, -0.25) is 0 Å². The molecule has 0 saturated heterocycles. The summed E-state index contributed by atoms with van der Waals surface area (Å²) in [6.45, 7) is 0. The van der Waals surface area contributed by atoms with Crippen molar-refractivity contribution >= 4 is 17.2 Å². The van der Waals surface area contributed by atoms with E-state index in [2.05, 4.69) is 91.0 Å². The summed E-state index contributed by atoms with van der Waals surface area (Å²) in [6, 6.07) is 41.1. The third-order valence-corrected chi connectivity index (χ3v) is 6.00. The van der Waals surface area contributed by atoms with E-state index >= 15 is 0 Å². The minimum absolute atomic E-state index is 0.676. The van der Waals surface area contributed by atoms with Gasteiger partial charge in [-0.1, -0.05) is 133 Å². The molecule has 0 radical (unpaired) electrons. The van der Waals surface area contributed by atoms with Crippen molar-refractivity contribution in [2.75, 3.05) is 0 Å². The van der Waals surface area contributed by atoms with Gasteiger partial charge in [-0.05, 0) is 56.7 Å². The zero-order chi connectivity index (χ0) is 23.2. The fraction of sp³-hybridized carbons (Fsp3) is 0.0303. The van der Waals surface area contributed by atoms with Gasteiger partial charge in [-0.2, -0.15) is 0 Å². The predicted octanol–water partition coefficient (Wildman–Crippen LogP) is 7.91. The summed E-state index contributed by atoms with van der Waals surface area (Å²) in [5.41, 5.74) is 8.92. The van der Waals surface area contributed by atoms with E-state index in [9.17, 15) is 5.11 Å². The van der Waals surface area contributed by atoms with Crippen molar-refractivity contribution < 1.29 is 5.11 Å². The number of rotatable bonds is 6. The normalized spacial score (nSPS) is 15.7. The van der Waals surface area contributed by atoms with Crippen LogP contribution in [0, 0.1) is 0 Å². The summed E-state index contributed by atoms with van der Waals surface area (Å²) in [4.78, 5) is 0. The first-order chi connectivity index (χ1) is 16.8. The highest BCUT2D eigenvalue weighted by Crippen LogP contribution is 2.43. The molecular weight excluding hydrogens is 412 g/mol. The maximum Gasteiger partial charge on any atom is 0.0975 e. The quantitative estimate of drug-likeness (QED) is 0.324. The topological polar surface area (TPSA) is 20.2 Å². The lowest BCUT2D eigenvalue weighted by molar-refractivity contribution is 0.228. The van der Waals surface area contributed by atoms with Crippen molar-refractivity contribution in [3.8, 4) is 0 Å². The van der Waals surface area contributed by atoms with E-state index in [1.54, 1.807) is 0 Å². The molecule has 164 valence electrons. The van der Waals surface area contributed by atoms with Crippen LogP contribution in [0.25, 0.3) is 17.2 Å². The van der Waals surface area contributed by atoms with Crippen LogP contribution >= 0.6 is 0 Å². The average molecular weight is 439 g/mol. The lowest BCUT2D eigenvalue weighted by atomic mass is 9.93. The molecule has 0 aromatic heterocycles. The molecule has 4 aromatic rings. The lowest BCUT2D eigenvalue weighted by Crippen LogP contribution is -1.94. The summed E-state index contributed by atoms with van der Waals surface area (Å²) in [7, 11) is 0. The molecule has 1 heteroatoms. The number of allylic oxidation sites excluding steroid dienone is 6. The van der Waals surface area contributed by atoms with Crippen molar-refractivity contribution in [3.05, 3.63) is 173 Å². The average Bonchev–Trinajstić information content (AvgIpc) is 3.27. The SMILES string of the molecule is OC(/C=C\C1=C(c2ccccc2)C(=C/c2ccccc2)/C=C1c1ccccc1)c1ccccc1. The largest absolute Gasteiger partial charge is 0.384 e. The third-order valence-electron chi connectivity index (χ3n) is 6.00. The van der Waals surface area contributed by atoms with Crippen LogP contribution in [0.2, 0.25) is 0 Å². The molecule has 1 aliphatic carbocycles. The standard InChI is InChI=1S/C33H26O/c34-32(27-17-9-3-10-18-27)22-21-30-31(26-15-7-2-8-16-26)24-29(23-25-13-5-1-6-14-25)33(30)28-19-11-4-12-20-28/h1-24,32,34H/b22-21-,29-23+. The number of hydrogen-bond acceptors (Lipinski definition) is 1. The first kappa shape index (κ1) is 21.6. The van der Waals surface area contributed by atoms with Gasteiger partial charge < -0.3 is 5.11 Å². The number of hydrogen-bond donors (Lipinski definition) is 1. The molecule has 0 fully saturated rings. The van der Waals surface area contributed by atoms with Crippen molar-refractivity contribution in [2.24, 2.45) is 0 Å². The van der Waals surface area contributed by atoms with E-state index in [0.29, 0.717) is 0 Å². The Morgan fingerprint density at radius 2 is 1.12 bits per heavy atom. The minimum atomic E-state index is -0.676. The van der Waals surface area contributed by atoms with E-state index in [1.165, 1.54) is 5.57 Å². The Balaban J connectivity index is 1.68. The van der Waals surface area contributed by atoms with Crippen LogP contribution in [0.5, 0.6) is 0 Å². The molecule has 5 rings (SSSR count). The molecule has 0 bridgehead atoms. The molecular formula is C33H26O. The third kappa shape index (κ3) is 4.76. The Morgan fingerprint density at radius 1 is 0.588 bits per heavy atom. The van der Waals surface area contributed by atoms with Gasteiger partial charge in [-0.15, -0.1) is 0 Å². The molecule has 1 nitrogen and oxygen atoms in total. The summed E-state index contributed by atoms with van der Waals surface area (Å²) in [5.74, 6) is 0. The van der Waals surface area contributed by atoms with Crippen molar-refractivity contribution in [1.82, 2.24) is 0 Å². The lowest BCUT2D eigenvalue weighted by Gasteiger charge is -2.12. The second kappa shape index (κ2) is 10.2. The van der Waals surface area contributed by atoms with Crippen LogP contribution in [0.4, 0.5) is 0 Å². The zero-order valence-electron chi connectivity index (χ0n) is 18.9. The van der Waals surface area contributed by atoms with E-state index in [-0.39, 0.29) is 0 Å². The van der Waals surface area contributed by atoms with E-state index in [0.717, 1.165) is 39.0 Å². The zero-order valence-corrected chi connectivity index (χ0v) is 18.9. The Morgan fingerprint density at radius 3 is 1.74 bits per heavy atom. The Labute approximate surface area is 201 Å². The highest BCUT2D eigenvalue weighted by Gasteiger charge is 2.23. The van der Waals surface area contributed by atoms with Crippen LogP contribution < -0.4 is 0 Å². The first-order valence-electron chi connectivity index (χ1n) is 11.5. The number of aliphatic hydroxyl groups is 1. The summed E-state index contributed by atoms with van der Waals surface area (Å²) >= 11 is 0.